The molecule has 0 spiro atoms. The fourth-order valence-electron chi connectivity index (χ4n) is 2.42. The Labute approximate surface area is 134 Å². The highest BCUT2D eigenvalue weighted by Crippen LogP contribution is 2.28. The Morgan fingerprint density at radius 3 is 2.96 bits per heavy atom. The van der Waals surface area contributed by atoms with Crippen molar-refractivity contribution in [2.45, 2.75) is 13.8 Å². The molecule has 2 amide bonds. The molecule has 23 heavy (non-hydrogen) atoms. The fourth-order valence-corrected chi connectivity index (χ4v) is 2.42. The van der Waals surface area contributed by atoms with E-state index in [1.165, 1.54) is 4.90 Å². The zero-order valence-electron chi connectivity index (χ0n) is 13.0. The number of hydrogen-bond donors (Lipinski definition) is 1. The fraction of sp³-hybridized carbons (Fsp3) is 0.235. The number of amides is 2. The van der Waals surface area contributed by atoms with Crippen molar-refractivity contribution in [3.05, 3.63) is 47.7 Å². The number of benzene rings is 1. The van der Waals surface area contributed by atoms with E-state index in [2.05, 4.69) is 10.3 Å². The summed E-state index contributed by atoms with van der Waals surface area (Å²) in [5.74, 6) is 0.323. The molecule has 118 valence electrons. The van der Waals surface area contributed by atoms with Crippen LogP contribution in [0, 0.1) is 13.8 Å². The first-order valence-electron chi connectivity index (χ1n) is 7.30. The summed E-state index contributed by atoms with van der Waals surface area (Å²) in [7, 11) is 0. The lowest BCUT2D eigenvalue weighted by molar-refractivity contribution is -0.123. The largest absolute Gasteiger partial charge is 0.480 e. The molecular formula is C17H17N3O3. The molecule has 0 aliphatic carbocycles. The smallest absolute Gasteiger partial charge is 0.266 e. The molecule has 1 aromatic carbocycles. The number of fused-ring (bicyclic) bond motifs is 1. The maximum absolute atomic E-state index is 12.3. The van der Waals surface area contributed by atoms with Gasteiger partial charge in [-0.2, -0.15) is 0 Å². The van der Waals surface area contributed by atoms with E-state index < -0.39 is 0 Å². The number of hydrogen-bond acceptors (Lipinski definition) is 4. The molecule has 2 heterocycles. The van der Waals surface area contributed by atoms with E-state index in [9.17, 15) is 9.59 Å². The average molecular weight is 311 g/mol. The lowest BCUT2D eigenvalue weighted by atomic mass is 10.1. The summed E-state index contributed by atoms with van der Waals surface area (Å²) < 4.78 is 5.32. The van der Waals surface area contributed by atoms with Crippen molar-refractivity contribution in [3.63, 3.8) is 0 Å². The van der Waals surface area contributed by atoms with Gasteiger partial charge in [0.15, 0.2) is 18.2 Å². The summed E-state index contributed by atoms with van der Waals surface area (Å²) in [5.41, 5.74) is 2.85. The summed E-state index contributed by atoms with van der Waals surface area (Å²) in [6, 6.07) is 9.16. The Morgan fingerprint density at radius 2 is 2.13 bits per heavy atom. The second-order valence-corrected chi connectivity index (χ2v) is 5.39. The van der Waals surface area contributed by atoms with Crippen LogP contribution in [-0.4, -0.2) is 29.9 Å². The van der Waals surface area contributed by atoms with Crippen LogP contribution < -0.4 is 15.0 Å². The van der Waals surface area contributed by atoms with Gasteiger partial charge in [0.1, 0.15) is 6.54 Å². The van der Waals surface area contributed by atoms with Gasteiger partial charge in [-0.25, -0.2) is 4.98 Å². The number of pyridine rings is 1. The van der Waals surface area contributed by atoms with Crippen molar-refractivity contribution in [2.75, 3.05) is 23.4 Å². The van der Waals surface area contributed by atoms with Crippen LogP contribution in [0.1, 0.15) is 11.1 Å². The highest BCUT2D eigenvalue weighted by atomic mass is 16.5. The van der Waals surface area contributed by atoms with Crippen LogP contribution in [0.2, 0.25) is 0 Å². The molecule has 3 rings (SSSR count). The highest BCUT2D eigenvalue weighted by molar-refractivity contribution is 6.04. The van der Waals surface area contributed by atoms with E-state index in [1.54, 1.807) is 18.3 Å². The molecule has 0 radical (unpaired) electrons. The first kappa shape index (κ1) is 15.0. The maximum Gasteiger partial charge on any atom is 0.266 e. The molecule has 6 heteroatoms. The zero-order chi connectivity index (χ0) is 16.4. The normalized spacial score (nSPS) is 13.3. The number of nitrogens with zero attached hydrogens (tertiary/aromatic N) is 2. The van der Waals surface area contributed by atoms with Crippen LogP contribution in [0.3, 0.4) is 0 Å². The van der Waals surface area contributed by atoms with Gasteiger partial charge in [0, 0.05) is 11.9 Å². The number of ether oxygens (including phenoxy) is 1. The van der Waals surface area contributed by atoms with Gasteiger partial charge in [0.25, 0.3) is 5.91 Å². The Kier molecular flexibility index (Phi) is 3.97. The van der Waals surface area contributed by atoms with Crippen LogP contribution in [0.15, 0.2) is 36.5 Å². The van der Waals surface area contributed by atoms with Crippen LogP contribution in [0.25, 0.3) is 0 Å². The number of carbonyl (C=O) groups excluding carboxylic acids is 2. The molecular weight excluding hydrogens is 294 g/mol. The Bertz CT molecular complexity index is 773. The van der Waals surface area contributed by atoms with Crippen molar-refractivity contribution in [2.24, 2.45) is 0 Å². The first-order chi connectivity index (χ1) is 11.1. The minimum Gasteiger partial charge on any atom is -0.480 e. The highest BCUT2D eigenvalue weighted by Gasteiger charge is 2.28. The third-order valence-electron chi connectivity index (χ3n) is 3.84. The van der Waals surface area contributed by atoms with Gasteiger partial charge < -0.3 is 10.1 Å². The Morgan fingerprint density at radius 1 is 1.30 bits per heavy atom. The number of aryl methyl sites for hydroxylation is 1. The lowest BCUT2D eigenvalue weighted by Crippen LogP contribution is -2.44. The lowest BCUT2D eigenvalue weighted by Gasteiger charge is -2.27. The van der Waals surface area contributed by atoms with Gasteiger partial charge in [0.05, 0.1) is 0 Å². The average Bonchev–Trinajstić information content (AvgIpc) is 2.54. The van der Waals surface area contributed by atoms with Crippen molar-refractivity contribution in [3.8, 4) is 5.75 Å². The van der Waals surface area contributed by atoms with Gasteiger partial charge in [-0.3, -0.25) is 14.5 Å². The summed E-state index contributed by atoms with van der Waals surface area (Å²) in [5, 5.41) is 2.85. The number of carbonyl (C=O) groups is 2. The molecule has 0 saturated heterocycles. The summed E-state index contributed by atoms with van der Waals surface area (Å²) in [4.78, 5) is 29.9. The van der Waals surface area contributed by atoms with E-state index in [0.717, 1.165) is 16.8 Å². The Balaban J connectivity index is 1.78. The third kappa shape index (κ3) is 3.01. The van der Waals surface area contributed by atoms with Crippen molar-refractivity contribution in [1.29, 1.82) is 0 Å². The third-order valence-corrected chi connectivity index (χ3v) is 3.84. The van der Waals surface area contributed by atoms with Crippen molar-refractivity contribution in [1.82, 2.24) is 4.98 Å². The minimum atomic E-state index is -0.285. The van der Waals surface area contributed by atoms with E-state index in [1.807, 2.05) is 32.0 Å². The standard InChI is InChI=1S/C17H17N3O3/c1-11-5-3-6-13(12(11)2)19-15(21)9-20-16(22)10-23-14-7-4-8-18-17(14)20/h3-8H,9-10H2,1-2H3,(H,19,21). The topological polar surface area (TPSA) is 71.5 Å². The number of anilines is 2. The van der Waals surface area contributed by atoms with Crippen LogP contribution in [-0.2, 0) is 9.59 Å². The molecule has 0 saturated carbocycles. The van der Waals surface area contributed by atoms with Crippen LogP contribution in [0.4, 0.5) is 11.5 Å². The molecule has 1 aliphatic heterocycles. The number of rotatable bonds is 3. The van der Waals surface area contributed by atoms with Crippen molar-refractivity contribution < 1.29 is 14.3 Å². The van der Waals surface area contributed by atoms with Crippen molar-refractivity contribution >= 4 is 23.3 Å². The number of nitrogens with one attached hydrogen (secondary N) is 1. The van der Waals surface area contributed by atoms with E-state index >= 15 is 0 Å². The molecule has 1 aromatic heterocycles. The molecule has 1 N–H and O–H groups in total. The second kappa shape index (κ2) is 6.08. The zero-order valence-corrected chi connectivity index (χ0v) is 13.0. The molecule has 6 nitrogen and oxygen atoms in total. The quantitative estimate of drug-likeness (QED) is 0.942. The molecule has 0 atom stereocenters. The first-order valence-corrected chi connectivity index (χ1v) is 7.30. The second-order valence-electron chi connectivity index (χ2n) is 5.39. The van der Waals surface area contributed by atoms with E-state index in [4.69, 9.17) is 4.74 Å². The van der Waals surface area contributed by atoms with Gasteiger partial charge >= 0.3 is 0 Å². The van der Waals surface area contributed by atoms with Gasteiger partial charge in [-0.1, -0.05) is 12.1 Å². The van der Waals surface area contributed by atoms with E-state index in [0.29, 0.717) is 11.6 Å². The van der Waals surface area contributed by atoms with Crippen LogP contribution >= 0.6 is 0 Å². The van der Waals surface area contributed by atoms with Gasteiger partial charge in [0.2, 0.25) is 5.91 Å². The minimum absolute atomic E-state index is 0.0879. The molecule has 2 aromatic rings. The Hall–Kier alpha value is -2.89. The summed E-state index contributed by atoms with van der Waals surface area (Å²) in [6.45, 7) is 3.74. The molecule has 0 bridgehead atoms. The summed E-state index contributed by atoms with van der Waals surface area (Å²) in [6.07, 6.45) is 1.57. The predicted molar refractivity (Wildman–Crippen MR) is 86.6 cm³/mol. The van der Waals surface area contributed by atoms with Gasteiger partial charge in [-0.05, 0) is 43.2 Å². The summed E-state index contributed by atoms with van der Waals surface area (Å²) >= 11 is 0. The molecule has 0 unspecified atom stereocenters. The van der Waals surface area contributed by atoms with Crippen LogP contribution in [0.5, 0.6) is 5.75 Å². The predicted octanol–water partition coefficient (Wildman–Crippen LogP) is 2.06. The maximum atomic E-state index is 12.3. The SMILES string of the molecule is Cc1cccc(NC(=O)CN2C(=O)COc3cccnc32)c1C. The monoisotopic (exact) mass is 311 g/mol. The molecule has 0 fully saturated rings. The molecule has 1 aliphatic rings. The van der Waals surface area contributed by atoms with E-state index in [-0.39, 0.29) is 25.0 Å². The van der Waals surface area contributed by atoms with Gasteiger partial charge in [-0.15, -0.1) is 0 Å². The number of aromatic nitrogens is 1.